The van der Waals surface area contributed by atoms with Gasteiger partial charge in [-0.15, -0.1) is 0 Å². The third kappa shape index (κ3) is 4.07. The van der Waals surface area contributed by atoms with Crippen molar-refractivity contribution in [1.29, 1.82) is 0 Å². The minimum Gasteiger partial charge on any atom is -0.378 e. The second kappa shape index (κ2) is 6.96. The summed E-state index contributed by atoms with van der Waals surface area (Å²) in [7, 11) is 1.89. The first-order chi connectivity index (χ1) is 11.8. The highest BCUT2D eigenvalue weighted by molar-refractivity contribution is 5.60. The van der Waals surface area contributed by atoms with Crippen molar-refractivity contribution in [3.05, 3.63) is 41.8 Å². The normalized spacial score (nSPS) is 15.3. The van der Waals surface area contributed by atoms with Crippen LogP contribution in [0, 0.1) is 5.95 Å². The van der Waals surface area contributed by atoms with E-state index in [1.165, 1.54) is 11.6 Å². The van der Waals surface area contributed by atoms with Crippen molar-refractivity contribution in [3.8, 4) is 0 Å². The molecule has 0 amide bonds. The fourth-order valence-corrected chi connectivity index (χ4v) is 2.79. The lowest BCUT2D eigenvalue weighted by molar-refractivity contribution is 0.122. The molecule has 0 unspecified atom stereocenters. The Labute approximate surface area is 148 Å². The molecule has 25 heavy (non-hydrogen) atoms. The van der Waals surface area contributed by atoms with Gasteiger partial charge >= 0.3 is 0 Å². The Bertz CT molecular complexity index is 721. The Morgan fingerprint density at radius 2 is 1.72 bits per heavy atom. The summed E-state index contributed by atoms with van der Waals surface area (Å²) in [5, 5.41) is 0. The number of nitrogens with zero attached hydrogens (tertiary/aromatic N) is 4. The van der Waals surface area contributed by atoms with E-state index in [-0.39, 0.29) is 5.41 Å². The third-order valence-corrected chi connectivity index (χ3v) is 4.43. The fourth-order valence-electron chi connectivity index (χ4n) is 2.79. The summed E-state index contributed by atoms with van der Waals surface area (Å²) in [5.74, 6) is 0.429. The molecule has 1 aliphatic heterocycles. The van der Waals surface area contributed by atoms with E-state index in [9.17, 15) is 4.39 Å². The van der Waals surface area contributed by atoms with E-state index in [1.807, 2.05) is 29.0 Å². The zero-order valence-corrected chi connectivity index (χ0v) is 15.3. The Morgan fingerprint density at radius 1 is 1.08 bits per heavy atom. The van der Waals surface area contributed by atoms with E-state index in [0.29, 0.717) is 38.1 Å². The molecular weight excluding hydrogens is 319 g/mol. The fraction of sp³-hybridized carbons (Fsp3) is 0.474. The average Bonchev–Trinajstić information content (AvgIpc) is 2.61. The molecule has 0 spiro atoms. The van der Waals surface area contributed by atoms with Crippen LogP contribution >= 0.6 is 0 Å². The lowest BCUT2D eigenvalue weighted by Crippen LogP contribution is -2.37. The summed E-state index contributed by atoms with van der Waals surface area (Å²) in [5.41, 5.74) is 2.31. The Hall–Kier alpha value is -2.21. The molecule has 5 nitrogen and oxygen atoms in total. The molecule has 1 aliphatic rings. The Kier molecular flexibility index (Phi) is 4.90. The molecule has 0 atom stereocenters. The van der Waals surface area contributed by atoms with Gasteiger partial charge in [0.15, 0.2) is 0 Å². The van der Waals surface area contributed by atoms with Gasteiger partial charge in [0, 0.05) is 31.9 Å². The average molecular weight is 344 g/mol. The van der Waals surface area contributed by atoms with E-state index in [2.05, 4.69) is 42.9 Å². The smallest absolute Gasteiger partial charge is 0.230 e. The van der Waals surface area contributed by atoms with Crippen LogP contribution in [0.25, 0.3) is 0 Å². The first-order valence-electron chi connectivity index (χ1n) is 8.56. The summed E-state index contributed by atoms with van der Waals surface area (Å²) in [4.78, 5) is 12.3. The number of morpholine rings is 1. The predicted octanol–water partition coefficient (Wildman–Crippen LogP) is 3.52. The van der Waals surface area contributed by atoms with Gasteiger partial charge in [-0.25, -0.2) is 0 Å². The summed E-state index contributed by atoms with van der Waals surface area (Å²) >= 11 is 0. The van der Waals surface area contributed by atoms with Crippen LogP contribution in [0.1, 0.15) is 26.3 Å². The number of halogens is 1. The first-order valence-corrected chi connectivity index (χ1v) is 8.56. The molecule has 0 aliphatic carbocycles. The highest BCUT2D eigenvalue weighted by atomic mass is 19.1. The van der Waals surface area contributed by atoms with Crippen LogP contribution in [0.3, 0.4) is 0 Å². The van der Waals surface area contributed by atoms with Crippen molar-refractivity contribution in [2.75, 3.05) is 43.2 Å². The Balaban J connectivity index is 1.86. The van der Waals surface area contributed by atoms with E-state index >= 15 is 0 Å². The van der Waals surface area contributed by atoms with Crippen LogP contribution in [0.2, 0.25) is 0 Å². The minimum absolute atomic E-state index is 0.0988. The molecule has 1 aromatic carbocycles. The predicted molar refractivity (Wildman–Crippen MR) is 98.2 cm³/mol. The number of ether oxygens (including phenoxy) is 1. The van der Waals surface area contributed by atoms with Gasteiger partial charge in [0.05, 0.1) is 13.2 Å². The second-order valence-corrected chi connectivity index (χ2v) is 7.30. The van der Waals surface area contributed by atoms with Gasteiger partial charge in [0.2, 0.25) is 11.9 Å². The number of aromatic nitrogens is 2. The van der Waals surface area contributed by atoms with Gasteiger partial charge in [-0.2, -0.15) is 14.4 Å². The summed E-state index contributed by atoms with van der Waals surface area (Å²) < 4.78 is 19.4. The molecule has 6 heteroatoms. The maximum atomic E-state index is 14.0. The molecule has 2 aromatic rings. The molecule has 3 rings (SSSR count). The van der Waals surface area contributed by atoms with Crippen molar-refractivity contribution < 1.29 is 9.13 Å². The monoisotopic (exact) mass is 344 g/mol. The summed E-state index contributed by atoms with van der Waals surface area (Å²) in [6.45, 7) is 9.11. The standard InChI is InChI=1S/C19H25FN4O/c1-19(2,3)14-5-7-15(8-6-14)23(4)17-13-16(20)21-18(22-17)24-9-11-25-12-10-24/h5-8,13H,9-12H2,1-4H3. The summed E-state index contributed by atoms with van der Waals surface area (Å²) in [6, 6.07) is 9.64. The van der Waals surface area contributed by atoms with Gasteiger partial charge in [0.1, 0.15) is 5.82 Å². The van der Waals surface area contributed by atoms with E-state index < -0.39 is 5.95 Å². The van der Waals surface area contributed by atoms with Crippen LogP contribution in [-0.2, 0) is 10.2 Å². The van der Waals surface area contributed by atoms with E-state index in [0.717, 1.165) is 5.69 Å². The van der Waals surface area contributed by atoms with Crippen molar-refractivity contribution in [1.82, 2.24) is 9.97 Å². The lowest BCUT2D eigenvalue weighted by atomic mass is 9.87. The molecule has 0 N–H and O–H groups in total. The van der Waals surface area contributed by atoms with Gasteiger partial charge in [-0.1, -0.05) is 32.9 Å². The van der Waals surface area contributed by atoms with Crippen LogP contribution in [0.15, 0.2) is 30.3 Å². The van der Waals surface area contributed by atoms with E-state index in [4.69, 9.17) is 4.74 Å². The topological polar surface area (TPSA) is 41.5 Å². The van der Waals surface area contributed by atoms with Crippen LogP contribution in [0.5, 0.6) is 0 Å². The molecular formula is C19H25FN4O. The Morgan fingerprint density at radius 3 is 2.32 bits per heavy atom. The molecule has 1 saturated heterocycles. The lowest BCUT2D eigenvalue weighted by Gasteiger charge is -2.28. The molecule has 2 heterocycles. The van der Waals surface area contributed by atoms with Crippen molar-refractivity contribution in [2.45, 2.75) is 26.2 Å². The quantitative estimate of drug-likeness (QED) is 0.797. The van der Waals surface area contributed by atoms with Crippen LogP contribution in [0.4, 0.5) is 21.8 Å². The van der Waals surface area contributed by atoms with Gasteiger partial charge in [-0.3, -0.25) is 0 Å². The highest BCUT2D eigenvalue weighted by Crippen LogP contribution is 2.28. The maximum absolute atomic E-state index is 14.0. The van der Waals surface area contributed by atoms with Crippen molar-refractivity contribution >= 4 is 17.5 Å². The number of hydrogen-bond acceptors (Lipinski definition) is 5. The highest BCUT2D eigenvalue weighted by Gasteiger charge is 2.18. The van der Waals surface area contributed by atoms with E-state index in [1.54, 1.807) is 0 Å². The molecule has 1 aromatic heterocycles. The first kappa shape index (κ1) is 17.6. The number of anilines is 3. The number of rotatable bonds is 3. The largest absolute Gasteiger partial charge is 0.378 e. The second-order valence-electron chi connectivity index (χ2n) is 7.30. The molecule has 0 saturated carbocycles. The minimum atomic E-state index is -0.523. The van der Waals surface area contributed by atoms with Gasteiger partial charge in [0.25, 0.3) is 0 Å². The van der Waals surface area contributed by atoms with Gasteiger partial charge < -0.3 is 14.5 Å². The van der Waals surface area contributed by atoms with Crippen molar-refractivity contribution in [2.24, 2.45) is 0 Å². The maximum Gasteiger partial charge on any atom is 0.230 e. The summed E-state index contributed by atoms with van der Waals surface area (Å²) in [6.07, 6.45) is 0. The number of hydrogen-bond donors (Lipinski definition) is 0. The SMILES string of the molecule is CN(c1ccc(C(C)(C)C)cc1)c1cc(F)nc(N2CCOCC2)n1. The van der Waals surface area contributed by atoms with Gasteiger partial charge in [-0.05, 0) is 23.1 Å². The zero-order chi connectivity index (χ0) is 18.0. The molecule has 0 bridgehead atoms. The molecule has 134 valence electrons. The van der Waals surface area contributed by atoms with Crippen LogP contribution in [-0.4, -0.2) is 43.3 Å². The van der Waals surface area contributed by atoms with Crippen LogP contribution < -0.4 is 9.80 Å². The number of benzene rings is 1. The molecule has 0 radical (unpaired) electrons. The van der Waals surface area contributed by atoms with Crippen molar-refractivity contribution in [3.63, 3.8) is 0 Å². The third-order valence-electron chi connectivity index (χ3n) is 4.43. The molecule has 1 fully saturated rings. The zero-order valence-electron chi connectivity index (χ0n) is 15.3.